The molecule has 0 bridgehead atoms. The highest BCUT2D eigenvalue weighted by Gasteiger charge is 1.96. The SMILES string of the molecule is C=CN1C=NCC1.CB(O)O. The Kier molecular flexibility index (Phi) is 5.51. The molecule has 0 aromatic carbocycles. The summed E-state index contributed by atoms with van der Waals surface area (Å²) in [5.41, 5.74) is 0. The highest BCUT2D eigenvalue weighted by atomic mass is 16.4. The molecule has 2 N–H and O–H groups in total. The van der Waals surface area contributed by atoms with Gasteiger partial charge in [-0.2, -0.15) is 0 Å². The first kappa shape index (κ1) is 10.2. The van der Waals surface area contributed by atoms with Gasteiger partial charge >= 0.3 is 7.12 Å². The van der Waals surface area contributed by atoms with Gasteiger partial charge in [-0.1, -0.05) is 6.58 Å². The van der Waals surface area contributed by atoms with Crippen molar-refractivity contribution in [3.8, 4) is 0 Å². The zero-order valence-electron chi connectivity index (χ0n) is 6.64. The molecule has 0 fully saturated rings. The van der Waals surface area contributed by atoms with Crippen molar-refractivity contribution >= 4 is 13.5 Å². The van der Waals surface area contributed by atoms with E-state index in [-0.39, 0.29) is 0 Å². The molecule has 0 radical (unpaired) electrons. The van der Waals surface area contributed by atoms with Crippen LogP contribution in [0.2, 0.25) is 6.82 Å². The molecule has 1 aliphatic rings. The van der Waals surface area contributed by atoms with E-state index >= 15 is 0 Å². The van der Waals surface area contributed by atoms with Crippen LogP contribution < -0.4 is 0 Å². The molecule has 0 saturated heterocycles. The molecule has 0 spiro atoms. The van der Waals surface area contributed by atoms with Gasteiger partial charge in [0.05, 0.1) is 12.9 Å². The van der Waals surface area contributed by atoms with Crippen molar-refractivity contribution in [1.29, 1.82) is 0 Å². The smallest absolute Gasteiger partial charge is 0.427 e. The van der Waals surface area contributed by atoms with Gasteiger partial charge in [0, 0.05) is 6.54 Å². The van der Waals surface area contributed by atoms with E-state index in [1.54, 1.807) is 12.5 Å². The lowest BCUT2D eigenvalue weighted by atomic mass is 9.99. The van der Waals surface area contributed by atoms with E-state index in [2.05, 4.69) is 11.6 Å². The zero-order chi connectivity index (χ0) is 8.69. The van der Waals surface area contributed by atoms with E-state index in [1.165, 1.54) is 6.82 Å². The summed E-state index contributed by atoms with van der Waals surface area (Å²) in [6, 6.07) is 0. The molecular weight excluding hydrogens is 143 g/mol. The summed E-state index contributed by atoms with van der Waals surface area (Å²) < 4.78 is 0. The van der Waals surface area contributed by atoms with Gasteiger partial charge in [0.15, 0.2) is 0 Å². The fourth-order valence-electron chi connectivity index (χ4n) is 0.532. The number of aliphatic imine (C=N–C) groups is 1. The average Bonchev–Trinajstić information content (AvgIpc) is 2.36. The zero-order valence-corrected chi connectivity index (χ0v) is 6.64. The molecule has 0 amide bonds. The number of nitrogens with zero attached hydrogens (tertiary/aromatic N) is 2. The topological polar surface area (TPSA) is 56.1 Å². The first-order valence-corrected chi connectivity index (χ1v) is 3.41. The predicted octanol–water partition coefficient (Wildman–Crippen LogP) is -0.437. The minimum atomic E-state index is -1.17. The van der Waals surface area contributed by atoms with Crippen LogP contribution in [0.5, 0.6) is 0 Å². The van der Waals surface area contributed by atoms with Crippen LogP contribution in [-0.2, 0) is 0 Å². The molecule has 62 valence electrons. The number of hydrogen-bond acceptors (Lipinski definition) is 4. The van der Waals surface area contributed by atoms with Crippen LogP contribution in [0.4, 0.5) is 0 Å². The van der Waals surface area contributed by atoms with E-state index in [9.17, 15) is 0 Å². The van der Waals surface area contributed by atoms with E-state index < -0.39 is 7.12 Å². The Morgan fingerprint density at radius 2 is 2.27 bits per heavy atom. The third-order valence-electron chi connectivity index (χ3n) is 0.952. The van der Waals surface area contributed by atoms with Crippen LogP contribution in [0.15, 0.2) is 17.8 Å². The molecule has 0 aromatic rings. The van der Waals surface area contributed by atoms with Crippen molar-refractivity contribution in [2.45, 2.75) is 6.82 Å². The van der Waals surface area contributed by atoms with Crippen molar-refractivity contribution in [2.75, 3.05) is 13.1 Å². The molecule has 11 heavy (non-hydrogen) atoms. The summed E-state index contributed by atoms with van der Waals surface area (Å²) in [6.45, 7) is 6.78. The van der Waals surface area contributed by atoms with Gasteiger partial charge < -0.3 is 14.9 Å². The minimum absolute atomic E-state index is 0.923. The van der Waals surface area contributed by atoms with Crippen LogP contribution in [-0.4, -0.2) is 41.5 Å². The lowest BCUT2D eigenvalue weighted by Gasteiger charge is -2.02. The second-order valence-corrected chi connectivity index (χ2v) is 2.07. The second kappa shape index (κ2) is 5.94. The molecule has 0 saturated carbocycles. The molecule has 1 rings (SSSR count). The fraction of sp³-hybridized carbons (Fsp3) is 0.500. The Hall–Kier alpha value is -0.805. The maximum Gasteiger partial charge on any atom is 0.448 e. The molecule has 0 unspecified atom stereocenters. The Labute approximate surface area is 67.0 Å². The van der Waals surface area contributed by atoms with Crippen molar-refractivity contribution in [3.63, 3.8) is 0 Å². The van der Waals surface area contributed by atoms with Crippen LogP contribution in [0.1, 0.15) is 0 Å². The summed E-state index contributed by atoms with van der Waals surface area (Å²) in [4.78, 5) is 5.92. The van der Waals surface area contributed by atoms with Crippen molar-refractivity contribution < 1.29 is 10.0 Å². The highest BCUT2D eigenvalue weighted by Crippen LogP contribution is 1.90. The van der Waals surface area contributed by atoms with E-state index in [4.69, 9.17) is 10.0 Å². The molecule has 1 aliphatic heterocycles. The fourth-order valence-corrected chi connectivity index (χ4v) is 0.532. The minimum Gasteiger partial charge on any atom is -0.427 e. The molecule has 4 nitrogen and oxygen atoms in total. The largest absolute Gasteiger partial charge is 0.448 e. The van der Waals surface area contributed by atoms with Crippen LogP contribution >= 0.6 is 0 Å². The van der Waals surface area contributed by atoms with Crippen molar-refractivity contribution in [3.05, 3.63) is 12.8 Å². The monoisotopic (exact) mass is 156 g/mol. The van der Waals surface area contributed by atoms with E-state index in [0.717, 1.165) is 13.1 Å². The van der Waals surface area contributed by atoms with Crippen LogP contribution in [0.3, 0.4) is 0 Å². The third-order valence-corrected chi connectivity index (χ3v) is 0.952. The molecule has 0 aromatic heterocycles. The Balaban J connectivity index is 0.000000218. The third kappa shape index (κ3) is 7.09. The van der Waals surface area contributed by atoms with Gasteiger partial charge in [0.2, 0.25) is 0 Å². The maximum absolute atomic E-state index is 7.61. The van der Waals surface area contributed by atoms with Crippen LogP contribution in [0, 0.1) is 0 Å². The van der Waals surface area contributed by atoms with Gasteiger partial charge in [0.1, 0.15) is 0 Å². The summed E-state index contributed by atoms with van der Waals surface area (Å²) in [7, 11) is -1.17. The van der Waals surface area contributed by atoms with Crippen LogP contribution in [0.25, 0.3) is 0 Å². The Morgan fingerprint density at radius 3 is 2.45 bits per heavy atom. The lowest BCUT2D eigenvalue weighted by Crippen LogP contribution is -2.09. The first-order valence-electron chi connectivity index (χ1n) is 3.41. The molecule has 0 atom stereocenters. The first-order chi connectivity index (χ1) is 5.16. The predicted molar refractivity (Wildman–Crippen MR) is 46.3 cm³/mol. The maximum atomic E-state index is 7.61. The standard InChI is InChI=1S/C5H8N2.CH5BO2/c1-2-7-4-3-6-5-7;1-2(3)4/h2,5H,1,3-4H2;3-4H,1H3. The molecule has 5 heteroatoms. The number of hydrogen-bond donors (Lipinski definition) is 2. The second-order valence-electron chi connectivity index (χ2n) is 2.07. The van der Waals surface area contributed by atoms with Crippen molar-refractivity contribution in [1.82, 2.24) is 4.90 Å². The van der Waals surface area contributed by atoms with E-state index in [0.29, 0.717) is 0 Å². The molecular formula is C6H13BN2O2. The number of rotatable bonds is 1. The molecule has 0 aliphatic carbocycles. The lowest BCUT2D eigenvalue weighted by molar-refractivity contribution is 0.417. The molecule has 1 heterocycles. The van der Waals surface area contributed by atoms with Gasteiger partial charge in [-0.3, -0.25) is 4.99 Å². The summed E-state index contributed by atoms with van der Waals surface area (Å²) >= 11 is 0. The summed E-state index contributed by atoms with van der Waals surface area (Å²) in [5.74, 6) is 0. The summed E-state index contributed by atoms with van der Waals surface area (Å²) in [6.07, 6.45) is 3.57. The Bertz CT molecular complexity index is 136. The average molecular weight is 156 g/mol. The van der Waals surface area contributed by atoms with Gasteiger partial charge in [-0.15, -0.1) is 0 Å². The van der Waals surface area contributed by atoms with Crippen molar-refractivity contribution in [2.24, 2.45) is 4.99 Å². The Morgan fingerprint density at radius 1 is 1.73 bits per heavy atom. The van der Waals surface area contributed by atoms with Gasteiger partial charge in [-0.05, 0) is 13.0 Å². The van der Waals surface area contributed by atoms with Gasteiger partial charge in [-0.25, -0.2) is 0 Å². The highest BCUT2D eigenvalue weighted by molar-refractivity contribution is 6.38. The van der Waals surface area contributed by atoms with E-state index in [1.807, 2.05) is 4.90 Å². The normalized spacial score (nSPS) is 13.9. The summed E-state index contributed by atoms with van der Waals surface area (Å²) in [5, 5.41) is 15.2. The van der Waals surface area contributed by atoms with Gasteiger partial charge in [0.25, 0.3) is 0 Å². The quantitative estimate of drug-likeness (QED) is 0.506.